The summed E-state index contributed by atoms with van der Waals surface area (Å²) >= 11 is 0. The summed E-state index contributed by atoms with van der Waals surface area (Å²) in [6.07, 6.45) is 1.10. The van der Waals surface area contributed by atoms with E-state index >= 15 is 0 Å². The van der Waals surface area contributed by atoms with Crippen molar-refractivity contribution in [3.8, 4) is 44.5 Å². The van der Waals surface area contributed by atoms with Crippen molar-refractivity contribution in [1.82, 2.24) is 0 Å². The second kappa shape index (κ2) is 67.4. The van der Waals surface area contributed by atoms with E-state index in [0.29, 0.717) is 0 Å². The van der Waals surface area contributed by atoms with Crippen LogP contribution in [0.4, 0.5) is 0 Å². The molecule has 3 aliphatic carbocycles. The van der Waals surface area contributed by atoms with Gasteiger partial charge in [0.05, 0.1) is 0 Å². The van der Waals surface area contributed by atoms with Crippen molar-refractivity contribution in [2.24, 2.45) is 0 Å². The quantitative estimate of drug-likeness (QED) is 0.105. The molecule has 0 nitrogen and oxygen atoms in total. The second-order valence-electron chi connectivity index (χ2n) is 23.0. The molecule has 0 spiro atoms. The smallest absolute Gasteiger partial charge is 0.0158 e. The van der Waals surface area contributed by atoms with Gasteiger partial charge in [0.15, 0.2) is 0 Å². The Hall–Kier alpha value is -10.9. The Labute approximate surface area is 710 Å². The van der Waals surface area contributed by atoms with Crippen molar-refractivity contribution in [2.45, 2.75) is 220 Å². The molecular weight excluding hydrogens is 1390 g/mol. The average Bonchev–Trinajstić information content (AvgIpc) is 1.59. The van der Waals surface area contributed by atoms with Crippen LogP contribution >= 0.6 is 0 Å². The molecule has 0 N–H and O–H groups in total. The first-order chi connectivity index (χ1) is 57.5. The lowest BCUT2D eigenvalue weighted by atomic mass is 9.82. The summed E-state index contributed by atoms with van der Waals surface area (Å²) in [4.78, 5) is 0. The molecule has 0 aliphatic heterocycles. The highest BCUT2D eigenvalue weighted by Crippen LogP contribution is 2.49. The lowest BCUT2D eigenvalue weighted by molar-refractivity contribution is 0.660. The van der Waals surface area contributed by atoms with Crippen molar-refractivity contribution in [1.29, 1.82) is 0 Å². The summed E-state index contributed by atoms with van der Waals surface area (Å²) in [5, 5.41) is 15.9. The maximum Gasteiger partial charge on any atom is 0.0158 e. The van der Waals surface area contributed by atoms with Gasteiger partial charge in [0.1, 0.15) is 0 Å². The van der Waals surface area contributed by atoms with Gasteiger partial charge in [-0.05, 0) is 150 Å². The van der Waals surface area contributed by atoms with E-state index in [4.69, 9.17) is 0 Å². The summed E-state index contributed by atoms with van der Waals surface area (Å²) in [6.45, 7) is 60.6. The Bertz CT molecular complexity index is 4630. The predicted molar refractivity (Wildman–Crippen MR) is 539 cm³/mol. The molecule has 0 heterocycles. The van der Waals surface area contributed by atoms with Crippen LogP contribution in [0.15, 0.2) is 364 Å². The highest BCUT2D eigenvalue weighted by Gasteiger charge is 2.34. The van der Waals surface area contributed by atoms with Gasteiger partial charge in [0.2, 0.25) is 0 Å². The highest BCUT2D eigenvalue weighted by atomic mass is 14.4. The van der Waals surface area contributed by atoms with Crippen molar-refractivity contribution in [2.75, 3.05) is 0 Å². The number of benzene rings is 16. The van der Waals surface area contributed by atoms with Crippen molar-refractivity contribution in [3.05, 3.63) is 386 Å². The molecule has 16 aromatic carbocycles. The summed E-state index contributed by atoms with van der Waals surface area (Å²) in [7, 11) is 0. The van der Waals surface area contributed by atoms with Gasteiger partial charge in [0.25, 0.3) is 0 Å². The van der Waals surface area contributed by atoms with E-state index < -0.39 is 0 Å². The molecule has 19 rings (SSSR count). The molecule has 0 aromatic heterocycles. The molecule has 0 atom stereocenters. The lowest BCUT2D eigenvalue weighted by Crippen LogP contribution is -2.14. The largest absolute Gasteiger partial charge is 0.0683 e. The molecule has 0 fully saturated rings. The third kappa shape index (κ3) is 31.4. The van der Waals surface area contributed by atoms with Gasteiger partial charge >= 0.3 is 0 Å². The van der Waals surface area contributed by atoms with E-state index in [1.54, 1.807) is 0 Å². The first kappa shape index (κ1) is 107. The maximum atomic E-state index is 2.30. The summed E-state index contributed by atoms with van der Waals surface area (Å²) < 4.78 is 0. The number of fused-ring (bicyclic) bond motifs is 15. The van der Waals surface area contributed by atoms with Crippen LogP contribution < -0.4 is 0 Å². The van der Waals surface area contributed by atoms with E-state index in [9.17, 15) is 0 Å². The molecule has 0 heteroatoms. The molecule has 616 valence electrons. The molecule has 0 bridgehead atoms. The third-order valence-corrected chi connectivity index (χ3v) is 17.2. The Morgan fingerprint density at radius 2 is 0.362 bits per heavy atom. The molecule has 0 unspecified atom stereocenters. The second-order valence-corrected chi connectivity index (χ2v) is 23.0. The van der Waals surface area contributed by atoms with Crippen molar-refractivity contribution < 1.29 is 0 Å². The fraction of sp³-hybridized carbons (Fsp3) is 0.276. The minimum atomic E-state index is 0.160. The predicted octanol–water partition coefficient (Wildman–Crippen LogP) is 38.6. The van der Waals surface area contributed by atoms with Gasteiger partial charge in [-0.1, -0.05) is 560 Å². The molecule has 3 aliphatic rings. The fourth-order valence-corrected chi connectivity index (χ4v) is 12.8. The first-order valence-corrected chi connectivity index (χ1v) is 44.6. The van der Waals surface area contributed by atoms with Gasteiger partial charge in [-0.2, -0.15) is 0 Å². The van der Waals surface area contributed by atoms with Crippen LogP contribution in [0.5, 0.6) is 0 Å². The van der Waals surface area contributed by atoms with Crippen LogP contribution in [0.2, 0.25) is 0 Å². The zero-order chi connectivity index (χ0) is 87.5. The minimum absolute atomic E-state index is 0.160. The van der Waals surface area contributed by atoms with Crippen LogP contribution in [-0.4, -0.2) is 0 Å². The van der Waals surface area contributed by atoms with Gasteiger partial charge in [-0.3, -0.25) is 0 Å². The summed E-state index contributed by atoms with van der Waals surface area (Å²) in [5.74, 6) is 0. The molecule has 0 radical (unpaired) electrons. The average molecular weight is 1550 g/mol. The SMILES string of the molecule is CC.CC.CC.CC.CC.CC.CC.CC.CC.CC.CC.CC.CC.CC.CC1(C)c2ccccc2-c2ccccc21.c1ccc2c(c1)-c1cccc3cccc-2c13.c1ccc2c(c1)Cc1ccccc1-2.c1ccc2c(c1)ccc1ccccc12.c1ccc2cc3ccccc3cc2c1.c1ccc2ccccc2c1.c1ccccc1. The van der Waals surface area contributed by atoms with Gasteiger partial charge in [-0.15, -0.1) is 0 Å². The van der Waals surface area contributed by atoms with Crippen molar-refractivity contribution >= 4 is 64.6 Å². The summed E-state index contributed by atoms with van der Waals surface area (Å²) in [5.41, 5.74) is 17.1. The lowest BCUT2D eigenvalue weighted by Gasteiger charge is -2.20. The molecule has 16 aromatic rings. The van der Waals surface area contributed by atoms with Crippen LogP contribution in [0.3, 0.4) is 0 Å². The van der Waals surface area contributed by atoms with Crippen LogP contribution in [0.25, 0.3) is 109 Å². The van der Waals surface area contributed by atoms with E-state index in [0.717, 1.165) is 6.42 Å². The number of hydrogen-bond acceptors (Lipinski definition) is 0. The molecule has 0 saturated heterocycles. The van der Waals surface area contributed by atoms with Crippen LogP contribution in [0, 0.1) is 0 Å². The molecule has 116 heavy (non-hydrogen) atoms. The monoisotopic (exact) mass is 1550 g/mol. The normalized spacial score (nSPS) is 9.67. The van der Waals surface area contributed by atoms with E-state index in [1.807, 2.05) is 230 Å². The van der Waals surface area contributed by atoms with Gasteiger partial charge < -0.3 is 0 Å². The van der Waals surface area contributed by atoms with Gasteiger partial charge in [0, 0.05) is 5.41 Å². The van der Waals surface area contributed by atoms with Gasteiger partial charge in [-0.25, -0.2) is 0 Å². The Kier molecular flexibility index (Phi) is 62.3. The maximum absolute atomic E-state index is 2.30. The number of hydrogen-bond donors (Lipinski definition) is 0. The summed E-state index contributed by atoms with van der Waals surface area (Å²) in [6, 6.07) is 128. The molecule has 0 amide bonds. The van der Waals surface area contributed by atoms with Crippen LogP contribution in [-0.2, 0) is 11.8 Å². The topological polar surface area (TPSA) is 0 Å². The standard InChI is InChI=1S/C16H10.C15H14.2C14H10.C13H10.C10H8.C6H6.14C2H6/c1-2-8-13-12(7-1)14-9-3-5-11-6-4-10-15(13)16(11)14;1-15(2)13-9-5-3-7-11(13)12-8-4-6-10-14(12)15;1-3-7-13-11(5-1)9-10-12-6-2-4-8-14(12)13;1-2-6-12-10-14-8-4-3-7-13(14)9-11(12)5-1;1-3-7-12-10(5-1)9-11-6-2-4-8-13(11)12;1-2-6-10-8-4-3-7-9(10)5-1;1-2-4-6-5-3-1;14*1-2/h1-10H;3-10H,1-2H3;2*1-10H;1-8H,9H2;1-8H;1-6H;14*1-2H3. The first-order valence-electron chi connectivity index (χ1n) is 44.6. The Morgan fingerprint density at radius 3 is 0.655 bits per heavy atom. The number of rotatable bonds is 0. The zero-order valence-electron chi connectivity index (χ0n) is 77.8. The zero-order valence-corrected chi connectivity index (χ0v) is 77.8. The van der Waals surface area contributed by atoms with E-state index in [2.05, 4.69) is 341 Å². The Morgan fingerprint density at radius 1 is 0.155 bits per heavy atom. The van der Waals surface area contributed by atoms with E-state index in [-0.39, 0.29) is 5.41 Å². The Balaban J connectivity index is 0. The molecular formula is C116H152. The van der Waals surface area contributed by atoms with Crippen molar-refractivity contribution in [3.63, 3.8) is 0 Å². The highest BCUT2D eigenvalue weighted by molar-refractivity contribution is 6.15. The fourth-order valence-electron chi connectivity index (χ4n) is 12.8. The minimum Gasteiger partial charge on any atom is -0.0683 e. The van der Waals surface area contributed by atoms with E-state index in [1.165, 1.54) is 131 Å². The third-order valence-electron chi connectivity index (χ3n) is 17.2. The molecule has 0 saturated carbocycles. The van der Waals surface area contributed by atoms with Crippen LogP contribution in [0.1, 0.15) is 230 Å².